The normalized spacial score (nSPS) is 17.5. The third-order valence-electron chi connectivity index (χ3n) is 4.47. The summed E-state index contributed by atoms with van der Waals surface area (Å²) in [6.07, 6.45) is 9.31. The third-order valence-corrected chi connectivity index (χ3v) is 4.47. The summed E-state index contributed by atoms with van der Waals surface area (Å²) in [4.78, 5) is 27.2. The van der Waals surface area contributed by atoms with Gasteiger partial charge in [0.25, 0.3) is 5.91 Å². The van der Waals surface area contributed by atoms with Crippen molar-refractivity contribution in [2.24, 2.45) is 0 Å². The first-order valence-corrected chi connectivity index (χ1v) is 8.53. The maximum absolute atomic E-state index is 12.8. The van der Waals surface area contributed by atoms with E-state index in [-0.39, 0.29) is 5.91 Å². The first-order valence-electron chi connectivity index (χ1n) is 8.53. The molecule has 3 rings (SSSR count). The van der Waals surface area contributed by atoms with Crippen LogP contribution in [-0.4, -0.2) is 38.3 Å². The summed E-state index contributed by atoms with van der Waals surface area (Å²) < 4.78 is 0. The first kappa shape index (κ1) is 16.4. The number of nitrogens with one attached hydrogen (secondary N) is 1. The van der Waals surface area contributed by atoms with Crippen LogP contribution in [-0.2, 0) is 6.54 Å². The number of amides is 1. The van der Waals surface area contributed by atoms with E-state index >= 15 is 0 Å². The lowest BCUT2D eigenvalue weighted by molar-refractivity contribution is 0.0602. The van der Waals surface area contributed by atoms with Crippen LogP contribution in [0.2, 0.25) is 0 Å². The van der Waals surface area contributed by atoms with E-state index < -0.39 is 0 Å². The number of carbonyl (C=O) groups excluding carboxylic acids is 1. The highest BCUT2D eigenvalue weighted by Crippen LogP contribution is 2.21. The van der Waals surface area contributed by atoms with E-state index in [0.29, 0.717) is 24.1 Å². The average Bonchev–Trinajstić information content (AvgIpc) is 2.67. The van der Waals surface area contributed by atoms with Crippen LogP contribution >= 0.6 is 0 Å². The van der Waals surface area contributed by atoms with Crippen LogP contribution in [0.25, 0.3) is 0 Å². The Morgan fingerprint density at radius 3 is 2.92 bits per heavy atom. The lowest BCUT2D eigenvalue weighted by Gasteiger charge is -2.35. The van der Waals surface area contributed by atoms with Crippen LogP contribution in [0, 0.1) is 0 Å². The van der Waals surface area contributed by atoms with Gasteiger partial charge in [0.2, 0.25) is 0 Å². The molecule has 0 aliphatic carbocycles. The highest BCUT2D eigenvalue weighted by atomic mass is 16.2. The predicted molar refractivity (Wildman–Crippen MR) is 92.6 cm³/mol. The van der Waals surface area contributed by atoms with Crippen LogP contribution in [0.5, 0.6) is 0 Å². The molecule has 1 saturated heterocycles. The molecular formula is C18H23N5O. The van der Waals surface area contributed by atoms with E-state index in [1.807, 2.05) is 17.0 Å². The summed E-state index contributed by atoms with van der Waals surface area (Å²) in [6, 6.07) is 5.96. The van der Waals surface area contributed by atoms with Crippen LogP contribution in [0.4, 0.5) is 5.82 Å². The Hall–Kier alpha value is -2.50. The first-order chi connectivity index (χ1) is 11.8. The van der Waals surface area contributed by atoms with Gasteiger partial charge in [-0.2, -0.15) is 0 Å². The number of anilines is 1. The summed E-state index contributed by atoms with van der Waals surface area (Å²) in [7, 11) is 0. The number of rotatable bonds is 5. The quantitative estimate of drug-likeness (QED) is 0.915. The molecule has 0 spiro atoms. The van der Waals surface area contributed by atoms with Gasteiger partial charge in [-0.15, -0.1) is 0 Å². The summed E-state index contributed by atoms with van der Waals surface area (Å²) in [5.74, 6) is 0.672. The Morgan fingerprint density at radius 1 is 1.29 bits per heavy atom. The third kappa shape index (κ3) is 3.88. The molecule has 0 bridgehead atoms. The fraction of sp³-hybridized carbons (Fsp3) is 0.444. The van der Waals surface area contributed by atoms with Crippen molar-refractivity contribution in [2.75, 3.05) is 11.9 Å². The predicted octanol–water partition coefficient (Wildman–Crippen LogP) is 2.89. The number of piperidine rings is 1. The summed E-state index contributed by atoms with van der Waals surface area (Å²) in [6.45, 7) is 3.59. The molecule has 1 aliphatic rings. The minimum Gasteiger partial charge on any atom is -0.366 e. The summed E-state index contributed by atoms with van der Waals surface area (Å²) >= 11 is 0. The van der Waals surface area contributed by atoms with Gasteiger partial charge in [0.05, 0.1) is 0 Å². The minimum absolute atomic E-state index is 0.0101. The van der Waals surface area contributed by atoms with Crippen molar-refractivity contribution in [1.29, 1.82) is 0 Å². The van der Waals surface area contributed by atoms with Gasteiger partial charge < -0.3 is 10.2 Å². The molecule has 2 aromatic rings. The Kier molecular flexibility index (Phi) is 5.36. The van der Waals surface area contributed by atoms with Gasteiger partial charge in [-0.05, 0) is 43.4 Å². The van der Waals surface area contributed by atoms with E-state index in [4.69, 9.17) is 0 Å². The zero-order valence-corrected chi connectivity index (χ0v) is 14.0. The molecule has 126 valence electrons. The van der Waals surface area contributed by atoms with Crippen molar-refractivity contribution in [3.8, 4) is 0 Å². The second kappa shape index (κ2) is 7.86. The molecule has 6 nitrogen and oxygen atoms in total. The molecule has 3 heterocycles. The molecule has 1 unspecified atom stereocenters. The second-order valence-corrected chi connectivity index (χ2v) is 6.05. The molecule has 0 saturated carbocycles. The number of carbonyl (C=O) groups is 1. The molecule has 1 N–H and O–H groups in total. The van der Waals surface area contributed by atoms with Gasteiger partial charge >= 0.3 is 0 Å². The van der Waals surface area contributed by atoms with Crippen molar-refractivity contribution >= 4 is 11.7 Å². The number of hydrogen-bond acceptors (Lipinski definition) is 5. The number of hydrogen-bond donors (Lipinski definition) is 1. The van der Waals surface area contributed by atoms with Crippen molar-refractivity contribution in [2.45, 2.75) is 45.2 Å². The van der Waals surface area contributed by atoms with Gasteiger partial charge in [0.1, 0.15) is 17.8 Å². The average molecular weight is 325 g/mol. The minimum atomic E-state index is 0.0101. The molecule has 0 radical (unpaired) electrons. The maximum atomic E-state index is 12.8. The number of pyridine rings is 1. The molecule has 6 heteroatoms. The van der Waals surface area contributed by atoms with E-state index in [2.05, 4.69) is 27.2 Å². The lowest BCUT2D eigenvalue weighted by atomic mass is 9.99. The topological polar surface area (TPSA) is 71.0 Å². The SMILES string of the molecule is CCC1CCCCN1C(=O)c1cc(NCc2ccncc2)ncn1. The van der Waals surface area contributed by atoms with Crippen molar-refractivity contribution in [1.82, 2.24) is 19.9 Å². The van der Waals surface area contributed by atoms with Crippen molar-refractivity contribution < 1.29 is 4.79 Å². The number of aromatic nitrogens is 3. The second-order valence-electron chi connectivity index (χ2n) is 6.05. The van der Waals surface area contributed by atoms with Gasteiger partial charge in [-0.1, -0.05) is 6.92 Å². The molecule has 1 aliphatic heterocycles. The molecule has 24 heavy (non-hydrogen) atoms. The van der Waals surface area contributed by atoms with Crippen LogP contribution < -0.4 is 5.32 Å². The zero-order valence-electron chi connectivity index (χ0n) is 14.0. The Labute approximate surface area is 142 Å². The van der Waals surface area contributed by atoms with Crippen LogP contribution in [0.15, 0.2) is 36.9 Å². The molecule has 1 fully saturated rings. The van der Waals surface area contributed by atoms with Crippen molar-refractivity contribution in [3.63, 3.8) is 0 Å². The fourth-order valence-electron chi connectivity index (χ4n) is 3.10. The molecular weight excluding hydrogens is 302 g/mol. The summed E-state index contributed by atoms with van der Waals surface area (Å²) in [5.41, 5.74) is 1.57. The largest absolute Gasteiger partial charge is 0.366 e. The van der Waals surface area contributed by atoms with Gasteiger partial charge in [0, 0.05) is 37.6 Å². The fourth-order valence-corrected chi connectivity index (χ4v) is 3.10. The molecule has 2 aromatic heterocycles. The van der Waals surface area contributed by atoms with Gasteiger partial charge in [0.15, 0.2) is 0 Å². The highest BCUT2D eigenvalue weighted by molar-refractivity contribution is 5.93. The van der Waals surface area contributed by atoms with E-state index in [0.717, 1.165) is 31.4 Å². The van der Waals surface area contributed by atoms with Crippen LogP contribution in [0.3, 0.4) is 0 Å². The standard InChI is InChI=1S/C18H23N5O/c1-2-15-5-3-4-10-23(15)18(24)16-11-17(22-13-21-16)20-12-14-6-8-19-9-7-14/h6-9,11,13,15H,2-5,10,12H2,1H3,(H,20,21,22). The zero-order chi connectivity index (χ0) is 16.8. The van der Waals surface area contributed by atoms with E-state index in [1.165, 1.54) is 12.7 Å². The Bertz CT molecular complexity index is 676. The van der Waals surface area contributed by atoms with Gasteiger partial charge in [-0.25, -0.2) is 9.97 Å². The Balaban J connectivity index is 1.69. The number of likely N-dealkylation sites (tertiary alicyclic amines) is 1. The summed E-state index contributed by atoms with van der Waals surface area (Å²) in [5, 5.41) is 3.23. The monoisotopic (exact) mass is 325 g/mol. The number of nitrogens with zero attached hydrogens (tertiary/aromatic N) is 4. The molecule has 1 atom stereocenters. The van der Waals surface area contributed by atoms with Crippen LogP contribution in [0.1, 0.15) is 48.7 Å². The highest BCUT2D eigenvalue weighted by Gasteiger charge is 2.27. The van der Waals surface area contributed by atoms with Crippen molar-refractivity contribution in [3.05, 3.63) is 48.2 Å². The maximum Gasteiger partial charge on any atom is 0.272 e. The smallest absolute Gasteiger partial charge is 0.272 e. The van der Waals surface area contributed by atoms with Gasteiger partial charge in [-0.3, -0.25) is 9.78 Å². The molecule has 1 amide bonds. The Morgan fingerprint density at radius 2 is 2.12 bits per heavy atom. The molecule has 0 aromatic carbocycles. The lowest BCUT2D eigenvalue weighted by Crippen LogP contribution is -2.43. The van der Waals surface area contributed by atoms with E-state index in [9.17, 15) is 4.79 Å². The van der Waals surface area contributed by atoms with E-state index in [1.54, 1.807) is 18.5 Å².